The van der Waals surface area contributed by atoms with E-state index >= 15 is 0 Å². The number of aryl methyl sites for hydroxylation is 2. The Hall–Kier alpha value is -4.26. The summed E-state index contributed by atoms with van der Waals surface area (Å²) >= 11 is 0. The highest BCUT2D eigenvalue weighted by atomic mass is 16.6. The van der Waals surface area contributed by atoms with Crippen molar-refractivity contribution >= 4 is 0 Å². The second kappa shape index (κ2) is 11.9. The van der Waals surface area contributed by atoms with Crippen molar-refractivity contribution in [2.24, 2.45) is 10.2 Å². The normalized spacial score (nSPS) is 29.1. The maximum atomic E-state index is 11.9. The fourth-order valence-corrected chi connectivity index (χ4v) is 4.19. The molecule has 0 saturated carbocycles. The maximum Gasteiger partial charge on any atom is 0.330 e. The highest BCUT2D eigenvalue weighted by Gasteiger charge is 2.48. The summed E-state index contributed by atoms with van der Waals surface area (Å²) in [5, 5.41) is 44.6. The molecule has 40 heavy (non-hydrogen) atoms. The van der Waals surface area contributed by atoms with Crippen LogP contribution in [0.25, 0.3) is 20.9 Å². The van der Waals surface area contributed by atoms with Crippen molar-refractivity contribution in [1.29, 1.82) is 0 Å². The first-order chi connectivity index (χ1) is 18.9. The molecule has 2 fully saturated rings. The summed E-state index contributed by atoms with van der Waals surface area (Å²) in [5.41, 5.74) is 14.9. The van der Waals surface area contributed by atoms with Gasteiger partial charge >= 0.3 is 11.4 Å². The van der Waals surface area contributed by atoms with E-state index in [2.05, 4.69) is 30.0 Å². The van der Waals surface area contributed by atoms with E-state index < -0.39 is 71.8 Å². The van der Waals surface area contributed by atoms with Crippen molar-refractivity contribution in [1.82, 2.24) is 19.1 Å². The standard InChI is InChI=1S/2C10H13N5O5/c2*1-5-3-15(9(19)12-8(5)18)10(13-14-11)2-6(17)7(4-16)20-10/h2*3,6-7,16-17H,2,4H2,1H3,(H,12,18,19)/t2*6-,7+,10-/m00/s1. The van der Waals surface area contributed by atoms with Gasteiger partial charge in [-0.25, -0.2) is 9.59 Å². The van der Waals surface area contributed by atoms with E-state index in [9.17, 15) is 29.4 Å². The van der Waals surface area contributed by atoms with Crippen molar-refractivity contribution in [3.05, 3.63) is 86.1 Å². The lowest BCUT2D eigenvalue weighted by Gasteiger charge is -2.25. The smallest absolute Gasteiger partial charge is 0.330 e. The highest BCUT2D eigenvalue weighted by Crippen LogP contribution is 2.36. The fourth-order valence-electron chi connectivity index (χ4n) is 4.19. The number of rotatable bonds is 6. The van der Waals surface area contributed by atoms with E-state index in [0.29, 0.717) is 0 Å². The lowest BCUT2D eigenvalue weighted by atomic mass is 10.1. The average molecular weight is 566 g/mol. The third-order valence-corrected chi connectivity index (χ3v) is 6.24. The molecule has 0 aliphatic carbocycles. The molecule has 20 heteroatoms. The van der Waals surface area contributed by atoms with Gasteiger partial charge in [0.05, 0.1) is 25.4 Å². The Morgan fingerprint density at radius 2 is 1.20 bits per heavy atom. The first-order valence-electron chi connectivity index (χ1n) is 11.6. The van der Waals surface area contributed by atoms with Crippen molar-refractivity contribution in [2.45, 2.75) is 62.8 Å². The Kier molecular flexibility index (Phi) is 8.98. The van der Waals surface area contributed by atoms with Crippen LogP contribution in [0, 0.1) is 13.8 Å². The van der Waals surface area contributed by atoms with Crippen LogP contribution in [0.1, 0.15) is 24.0 Å². The van der Waals surface area contributed by atoms with Gasteiger partial charge in [-0.1, -0.05) is 0 Å². The third-order valence-electron chi connectivity index (χ3n) is 6.24. The van der Waals surface area contributed by atoms with Gasteiger partial charge in [0.2, 0.25) is 11.7 Å². The lowest BCUT2D eigenvalue weighted by molar-refractivity contribution is -0.115. The fraction of sp³-hybridized carbons (Fsp3) is 0.600. The minimum absolute atomic E-state index is 0.211. The molecule has 2 saturated heterocycles. The van der Waals surface area contributed by atoms with Crippen LogP contribution in [0.2, 0.25) is 0 Å². The largest absolute Gasteiger partial charge is 0.394 e. The van der Waals surface area contributed by atoms with E-state index in [1.54, 1.807) is 0 Å². The molecule has 2 aliphatic rings. The summed E-state index contributed by atoms with van der Waals surface area (Å²) in [5.74, 6) is -3.62. The Bertz CT molecular complexity index is 1470. The third kappa shape index (κ3) is 5.69. The lowest BCUT2D eigenvalue weighted by Crippen LogP contribution is -2.43. The monoisotopic (exact) mass is 566 g/mol. The molecule has 0 bridgehead atoms. The molecule has 6 atom stereocenters. The quantitative estimate of drug-likeness (QED) is 0.125. The molecule has 6 N–H and O–H groups in total. The Morgan fingerprint density at radius 1 is 0.850 bits per heavy atom. The molecule has 0 unspecified atom stereocenters. The van der Waals surface area contributed by atoms with Crippen LogP contribution in [0.5, 0.6) is 0 Å². The molecule has 0 radical (unpaired) electrons. The van der Waals surface area contributed by atoms with Crippen LogP contribution >= 0.6 is 0 Å². The van der Waals surface area contributed by atoms with Crippen LogP contribution in [0.3, 0.4) is 0 Å². The number of hydrogen-bond acceptors (Lipinski definition) is 12. The summed E-state index contributed by atoms with van der Waals surface area (Å²) in [6.07, 6.45) is -2.25. The second-order valence-corrected chi connectivity index (χ2v) is 8.97. The molecule has 0 aromatic carbocycles. The van der Waals surface area contributed by atoms with E-state index in [-0.39, 0.29) is 24.0 Å². The molecule has 20 nitrogen and oxygen atoms in total. The molecule has 0 spiro atoms. The number of azide groups is 2. The van der Waals surface area contributed by atoms with Gasteiger partial charge in [-0.3, -0.25) is 28.7 Å². The Balaban J connectivity index is 0.000000220. The van der Waals surface area contributed by atoms with E-state index in [1.807, 2.05) is 0 Å². The molecule has 0 amide bonds. The number of hydrogen-bond donors (Lipinski definition) is 6. The summed E-state index contributed by atoms with van der Waals surface area (Å²) in [4.78, 5) is 55.8. The van der Waals surface area contributed by atoms with E-state index in [4.69, 9.17) is 30.7 Å². The van der Waals surface area contributed by atoms with Crippen LogP contribution < -0.4 is 22.5 Å². The number of aliphatic hydroxyl groups excluding tert-OH is 4. The number of nitrogens with zero attached hydrogens (tertiary/aromatic N) is 8. The van der Waals surface area contributed by atoms with Crippen LogP contribution in [-0.2, 0) is 21.2 Å². The predicted molar refractivity (Wildman–Crippen MR) is 132 cm³/mol. The number of nitrogens with one attached hydrogen (secondary N) is 2. The van der Waals surface area contributed by atoms with E-state index in [1.165, 1.54) is 26.2 Å². The zero-order chi connectivity index (χ0) is 29.8. The van der Waals surface area contributed by atoms with Crippen molar-refractivity contribution < 1.29 is 29.9 Å². The minimum Gasteiger partial charge on any atom is -0.394 e. The number of aliphatic hydroxyl groups is 4. The maximum absolute atomic E-state index is 11.9. The van der Waals surface area contributed by atoms with Crippen molar-refractivity contribution in [2.75, 3.05) is 13.2 Å². The topological polar surface area (TPSA) is 307 Å². The zero-order valence-corrected chi connectivity index (χ0v) is 21.1. The van der Waals surface area contributed by atoms with Crippen LogP contribution in [0.15, 0.2) is 41.8 Å². The van der Waals surface area contributed by atoms with Crippen molar-refractivity contribution in [3.63, 3.8) is 0 Å². The van der Waals surface area contributed by atoms with Gasteiger partial charge in [-0.2, -0.15) is 0 Å². The van der Waals surface area contributed by atoms with Gasteiger partial charge in [0.15, 0.2) is 0 Å². The highest BCUT2D eigenvalue weighted by molar-refractivity contribution is 5.05. The Morgan fingerprint density at radius 3 is 1.48 bits per heavy atom. The minimum atomic E-state index is -1.81. The molecular weight excluding hydrogens is 540 g/mol. The molecule has 216 valence electrons. The van der Waals surface area contributed by atoms with Gasteiger partial charge in [0, 0.05) is 46.2 Å². The second-order valence-electron chi connectivity index (χ2n) is 8.97. The zero-order valence-electron chi connectivity index (χ0n) is 21.1. The summed E-state index contributed by atoms with van der Waals surface area (Å²) < 4.78 is 12.5. The summed E-state index contributed by atoms with van der Waals surface area (Å²) in [6, 6.07) is 0. The van der Waals surface area contributed by atoms with Gasteiger partial charge < -0.3 is 29.9 Å². The van der Waals surface area contributed by atoms with Crippen LogP contribution in [0.4, 0.5) is 0 Å². The molecule has 4 rings (SSSR count). The molecule has 2 aliphatic heterocycles. The van der Waals surface area contributed by atoms with Gasteiger partial charge in [-0.15, -0.1) is 0 Å². The first-order valence-corrected chi connectivity index (χ1v) is 11.6. The Labute approximate surface area is 221 Å². The molecule has 2 aromatic heterocycles. The van der Waals surface area contributed by atoms with Crippen LogP contribution in [-0.4, -0.2) is 77.2 Å². The average Bonchev–Trinajstić information content (AvgIpc) is 3.40. The van der Waals surface area contributed by atoms with Gasteiger partial charge in [0.25, 0.3) is 11.1 Å². The first kappa shape index (κ1) is 30.3. The molecular formula is C20H26N10O10. The summed E-state index contributed by atoms with van der Waals surface area (Å²) in [7, 11) is 0. The van der Waals surface area contributed by atoms with Gasteiger partial charge in [0.1, 0.15) is 12.2 Å². The molecule has 2 aromatic rings. The number of aromatic amines is 2. The van der Waals surface area contributed by atoms with E-state index in [0.717, 1.165) is 9.13 Å². The summed E-state index contributed by atoms with van der Waals surface area (Å²) in [6.45, 7) is 1.93. The predicted octanol–water partition coefficient (Wildman–Crippen LogP) is -2.18. The molecule has 4 heterocycles. The number of H-pyrrole nitrogens is 2. The number of ether oxygens (including phenoxy) is 2. The van der Waals surface area contributed by atoms with Crippen molar-refractivity contribution in [3.8, 4) is 0 Å². The number of aromatic nitrogens is 4. The van der Waals surface area contributed by atoms with Gasteiger partial charge in [-0.05, 0) is 35.1 Å². The SMILES string of the molecule is Cc1cn([C@@]2(N=[N+]=[N-])C[C@H](O)[C@@H](CO)O2)c(=O)[nH]c1=O.Cc1cn([C@@]2(N=[N+]=[N-])C[C@H](O)[C@@H](CO)O2)c(=O)[nH]c1=O.